The standard InChI is InChI=1S/C13H19NO4/c1-3-10(2)18-12-6-4-11(5-7-12)17-9-8-14-13(15)16/h4-7,10,14H,3,8-9H2,1-2H3,(H,15,16). The van der Waals surface area contributed by atoms with Gasteiger partial charge >= 0.3 is 6.09 Å². The van der Waals surface area contributed by atoms with Gasteiger partial charge in [0.25, 0.3) is 0 Å². The Morgan fingerprint density at radius 3 is 2.50 bits per heavy atom. The molecule has 1 rings (SSSR count). The topological polar surface area (TPSA) is 67.8 Å². The van der Waals surface area contributed by atoms with E-state index in [4.69, 9.17) is 14.6 Å². The molecule has 0 spiro atoms. The highest BCUT2D eigenvalue weighted by atomic mass is 16.5. The second kappa shape index (κ2) is 7.42. The van der Waals surface area contributed by atoms with Crippen LogP contribution >= 0.6 is 0 Å². The van der Waals surface area contributed by atoms with Crippen LogP contribution in [0.4, 0.5) is 4.79 Å². The molecule has 1 aromatic carbocycles. The molecule has 2 N–H and O–H groups in total. The van der Waals surface area contributed by atoms with Gasteiger partial charge in [0, 0.05) is 0 Å². The maximum atomic E-state index is 10.2. The first-order valence-electron chi connectivity index (χ1n) is 5.98. The minimum atomic E-state index is -1.05. The van der Waals surface area contributed by atoms with E-state index in [0.717, 1.165) is 12.2 Å². The Hall–Kier alpha value is -1.91. The zero-order valence-electron chi connectivity index (χ0n) is 10.7. The van der Waals surface area contributed by atoms with Crippen LogP contribution < -0.4 is 14.8 Å². The molecule has 1 unspecified atom stereocenters. The van der Waals surface area contributed by atoms with Gasteiger partial charge in [0.05, 0.1) is 12.6 Å². The SMILES string of the molecule is CCC(C)Oc1ccc(OCCNC(=O)O)cc1. The molecule has 0 fully saturated rings. The Morgan fingerprint density at radius 2 is 1.94 bits per heavy atom. The molecule has 0 radical (unpaired) electrons. The molecule has 1 atom stereocenters. The van der Waals surface area contributed by atoms with Crippen LogP contribution in [-0.2, 0) is 0 Å². The van der Waals surface area contributed by atoms with Crippen LogP contribution in [0.15, 0.2) is 24.3 Å². The lowest BCUT2D eigenvalue weighted by molar-refractivity contribution is 0.191. The first kappa shape index (κ1) is 14.2. The van der Waals surface area contributed by atoms with Gasteiger partial charge in [0.1, 0.15) is 18.1 Å². The molecule has 1 amide bonds. The largest absolute Gasteiger partial charge is 0.492 e. The van der Waals surface area contributed by atoms with Crippen LogP contribution in [-0.4, -0.2) is 30.5 Å². The number of rotatable bonds is 7. The Balaban J connectivity index is 2.33. The molecule has 0 heterocycles. The highest BCUT2D eigenvalue weighted by Gasteiger charge is 2.01. The van der Waals surface area contributed by atoms with Crippen molar-refractivity contribution in [1.82, 2.24) is 5.32 Å². The van der Waals surface area contributed by atoms with Crippen molar-refractivity contribution in [2.75, 3.05) is 13.2 Å². The second-order valence-electron chi connectivity index (χ2n) is 3.89. The van der Waals surface area contributed by atoms with Gasteiger partial charge in [-0.25, -0.2) is 4.79 Å². The lowest BCUT2D eigenvalue weighted by Crippen LogP contribution is -2.26. The van der Waals surface area contributed by atoms with Crippen molar-refractivity contribution < 1.29 is 19.4 Å². The third kappa shape index (κ3) is 5.43. The third-order valence-electron chi connectivity index (χ3n) is 2.38. The van der Waals surface area contributed by atoms with Crippen molar-refractivity contribution in [3.63, 3.8) is 0 Å². The van der Waals surface area contributed by atoms with Crippen molar-refractivity contribution in [3.8, 4) is 11.5 Å². The fourth-order valence-electron chi connectivity index (χ4n) is 1.26. The van der Waals surface area contributed by atoms with Gasteiger partial charge in [-0.05, 0) is 37.6 Å². The van der Waals surface area contributed by atoms with E-state index in [1.165, 1.54) is 0 Å². The summed E-state index contributed by atoms with van der Waals surface area (Å²) in [7, 11) is 0. The fourth-order valence-corrected chi connectivity index (χ4v) is 1.26. The second-order valence-corrected chi connectivity index (χ2v) is 3.89. The van der Waals surface area contributed by atoms with Crippen LogP contribution in [0, 0.1) is 0 Å². The molecule has 100 valence electrons. The van der Waals surface area contributed by atoms with E-state index in [1.807, 2.05) is 19.1 Å². The maximum absolute atomic E-state index is 10.2. The van der Waals surface area contributed by atoms with Crippen molar-refractivity contribution in [3.05, 3.63) is 24.3 Å². The lowest BCUT2D eigenvalue weighted by Gasteiger charge is -2.13. The lowest BCUT2D eigenvalue weighted by atomic mass is 10.3. The number of hydrogen-bond acceptors (Lipinski definition) is 3. The summed E-state index contributed by atoms with van der Waals surface area (Å²) in [5, 5.41) is 10.6. The van der Waals surface area contributed by atoms with Crippen LogP contribution in [0.2, 0.25) is 0 Å². The fraction of sp³-hybridized carbons (Fsp3) is 0.462. The zero-order chi connectivity index (χ0) is 13.4. The number of ether oxygens (including phenoxy) is 2. The van der Waals surface area contributed by atoms with Crippen LogP contribution in [0.3, 0.4) is 0 Å². The monoisotopic (exact) mass is 253 g/mol. The average molecular weight is 253 g/mol. The predicted octanol–water partition coefficient (Wildman–Crippen LogP) is 2.51. The van der Waals surface area contributed by atoms with E-state index in [0.29, 0.717) is 12.4 Å². The highest BCUT2D eigenvalue weighted by molar-refractivity contribution is 5.64. The van der Waals surface area contributed by atoms with Crippen molar-refractivity contribution in [1.29, 1.82) is 0 Å². The quantitative estimate of drug-likeness (QED) is 0.733. The number of carbonyl (C=O) groups is 1. The van der Waals surface area contributed by atoms with Crippen molar-refractivity contribution >= 4 is 6.09 Å². The summed E-state index contributed by atoms with van der Waals surface area (Å²) < 4.78 is 11.0. The molecular formula is C13H19NO4. The van der Waals surface area contributed by atoms with Crippen LogP contribution in [0.5, 0.6) is 11.5 Å². The molecule has 0 aliphatic heterocycles. The van der Waals surface area contributed by atoms with Gasteiger partial charge in [-0.2, -0.15) is 0 Å². The molecule has 0 aromatic heterocycles. The molecule has 0 saturated heterocycles. The maximum Gasteiger partial charge on any atom is 0.404 e. The summed E-state index contributed by atoms with van der Waals surface area (Å²) in [6.07, 6.45) is 0.103. The molecule has 18 heavy (non-hydrogen) atoms. The minimum Gasteiger partial charge on any atom is -0.492 e. The smallest absolute Gasteiger partial charge is 0.404 e. The number of nitrogens with one attached hydrogen (secondary N) is 1. The molecule has 0 aliphatic rings. The summed E-state index contributed by atoms with van der Waals surface area (Å²) in [6.45, 7) is 4.65. The molecular weight excluding hydrogens is 234 g/mol. The zero-order valence-corrected chi connectivity index (χ0v) is 10.7. The van der Waals surface area contributed by atoms with Gasteiger partial charge in [-0.1, -0.05) is 6.92 Å². The van der Waals surface area contributed by atoms with E-state index in [9.17, 15) is 4.79 Å². The van der Waals surface area contributed by atoms with E-state index >= 15 is 0 Å². The normalized spacial score (nSPS) is 11.7. The Labute approximate surface area is 107 Å². The van der Waals surface area contributed by atoms with Crippen molar-refractivity contribution in [2.24, 2.45) is 0 Å². The van der Waals surface area contributed by atoms with Crippen LogP contribution in [0.1, 0.15) is 20.3 Å². The third-order valence-corrected chi connectivity index (χ3v) is 2.38. The Morgan fingerprint density at radius 1 is 1.33 bits per heavy atom. The van der Waals surface area contributed by atoms with Crippen molar-refractivity contribution in [2.45, 2.75) is 26.4 Å². The van der Waals surface area contributed by atoms with Crippen LogP contribution in [0.25, 0.3) is 0 Å². The van der Waals surface area contributed by atoms with E-state index in [2.05, 4.69) is 12.2 Å². The van der Waals surface area contributed by atoms with E-state index in [1.54, 1.807) is 12.1 Å². The molecule has 0 saturated carbocycles. The van der Waals surface area contributed by atoms with E-state index < -0.39 is 6.09 Å². The predicted molar refractivity (Wildman–Crippen MR) is 68.3 cm³/mol. The highest BCUT2D eigenvalue weighted by Crippen LogP contribution is 2.18. The number of benzene rings is 1. The van der Waals surface area contributed by atoms with Gasteiger partial charge < -0.3 is 19.9 Å². The number of amides is 1. The summed E-state index contributed by atoms with van der Waals surface area (Å²) >= 11 is 0. The summed E-state index contributed by atoms with van der Waals surface area (Å²) in [4.78, 5) is 10.2. The first-order valence-corrected chi connectivity index (χ1v) is 5.98. The molecule has 0 aliphatic carbocycles. The molecule has 1 aromatic rings. The summed E-state index contributed by atoms with van der Waals surface area (Å²) in [5.41, 5.74) is 0. The van der Waals surface area contributed by atoms with Gasteiger partial charge in [-0.3, -0.25) is 0 Å². The first-order chi connectivity index (χ1) is 8.61. The van der Waals surface area contributed by atoms with Gasteiger partial charge in [0.15, 0.2) is 0 Å². The van der Waals surface area contributed by atoms with Gasteiger partial charge in [-0.15, -0.1) is 0 Å². The Kier molecular flexibility index (Phi) is 5.84. The van der Waals surface area contributed by atoms with Gasteiger partial charge in [0.2, 0.25) is 0 Å². The molecule has 5 heteroatoms. The molecule has 0 bridgehead atoms. The minimum absolute atomic E-state index is 0.191. The summed E-state index contributed by atoms with van der Waals surface area (Å²) in [6, 6.07) is 7.29. The average Bonchev–Trinajstić information content (AvgIpc) is 2.36. The van der Waals surface area contributed by atoms with E-state index in [-0.39, 0.29) is 12.6 Å². The number of carboxylic acid groups (broad SMARTS) is 1. The molecule has 5 nitrogen and oxygen atoms in total. The Bertz CT molecular complexity index is 364. The number of hydrogen-bond donors (Lipinski definition) is 2. The summed E-state index contributed by atoms with van der Waals surface area (Å²) in [5.74, 6) is 1.50.